The summed E-state index contributed by atoms with van der Waals surface area (Å²) in [5, 5.41) is 16.8. The molecule has 3 aromatic heterocycles. The summed E-state index contributed by atoms with van der Waals surface area (Å²) in [6.45, 7) is 2.94. The van der Waals surface area contributed by atoms with Gasteiger partial charge in [-0.15, -0.1) is 21.5 Å². The molecular formula is C23H20N6OS. The molecule has 2 aromatic carbocycles. The van der Waals surface area contributed by atoms with E-state index in [4.69, 9.17) is 0 Å². The van der Waals surface area contributed by atoms with E-state index in [2.05, 4.69) is 32.7 Å². The van der Waals surface area contributed by atoms with Gasteiger partial charge >= 0.3 is 0 Å². The molecule has 7 nitrogen and oxygen atoms in total. The average Bonchev–Trinajstić information content (AvgIpc) is 3.51. The van der Waals surface area contributed by atoms with Gasteiger partial charge in [0.15, 0.2) is 5.82 Å². The Kier molecular flexibility index (Phi) is 5.05. The van der Waals surface area contributed by atoms with Gasteiger partial charge in [-0.25, -0.2) is 0 Å². The number of nitrogens with one attached hydrogen (secondary N) is 1. The molecule has 1 N–H and O–H groups in total. The molecular weight excluding hydrogens is 408 g/mol. The van der Waals surface area contributed by atoms with E-state index in [1.165, 1.54) is 16.9 Å². The van der Waals surface area contributed by atoms with Crippen molar-refractivity contribution in [2.75, 3.05) is 0 Å². The van der Waals surface area contributed by atoms with Gasteiger partial charge in [0, 0.05) is 11.1 Å². The number of para-hydroxylation sites is 1. The van der Waals surface area contributed by atoms with E-state index in [-0.39, 0.29) is 12.5 Å². The lowest BCUT2D eigenvalue weighted by atomic mass is 10.2. The van der Waals surface area contributed by atoms with Crippen molar-refractivity contribution in [3.8, 4) is 5.69 Å². The Balaban J connectivity index is 1.34. The second kappa shape index (κ2) is 8.16. The number of rotatable bonds is 6. The average molecular weight is 429 g/mol. The fraction of sp³-hybridized carbons (Fsp3) is 0.130. The molecule has 0 saturated carbocycles. The second-order valence-electron chi connectivity index (χ2n) is 7.19. The maximum Gasteiger partial charge on any atom is 0.261 e. The molecule has 0 fully saturated rings. The van der Waals surface area contributed by atoms with E-state index in [0.717, 1.165) is 21.6 Å². The van der Waals surface area contributed by atoms with Crippen LogP contribution in [-0.2, 0) is 13.1 Å². The minimum Gasteiger partial charge on any atom is -0.344 e. The molecule has 0 saturated heterocycles. The van der Waals surface area contributed by atoms with Crippen molar-refractivity contribution >= 4 is 27.5 Å². The Hall–Kier alpha value is -3.78. The number of amides is 1. The lowest BCUT2D eigenvalue weighted by Crippen LogP contribution is -2.23. The molecule has 0 aliphatic carbocycles. The van der Waals surface area contributed by atoms with Crippen molar-refractivity contribution in [1.82, 2.24) is 29.9 Å². The number of aromatic nitrogens is 5. The van der Waals surface area contributed by atoms with Gasteiger partial charge < -0.3 is 5.32 Å². The highest BCUT2D eigenvalue weighted by atomic mass is 32.1. The van der Waals surface area contributed by atoms with Crippen LogP contribution in [0.2, 0.25) is 0 Å². The lowest BCUT2D eigenvalue weighted by molar-refractivity contribution is 0.0954. The summed E-state index contributed by atoms with van der Waals surface area (Å²) in [6.07, 6.45) is 1.65. The fourth-order valence-electron chi connectivity index (χ4n) is 3.52. The van der Waals surface area contributed by atoms with Gasteiger partial charge in [-0.2, -0.15) is 5.10 Å². The molecule has 1 amide bonds. The van der Waals surface area contributed by atoms with Crippen LogP contribution in [0.4, 0.5) is 0 Å². The molecule has 0 radical (unpaired) electrons. The molecule has 5 aromatic rings. The van der Waals surface area contributed by atoms with Gasteiger partial charge in [0.1, 0.15) is 11.2 Å². The summed E-state index contributed by atoms with van der Waals surface area (Å²) >= 11 is 1.46. The number of aryl methyl sites for hydroxylation is 1. The number of carbonyl (C=O) groups is 1. The molecule has 0 unspecified atom stereocenters. The number of carbonyl (C=O) groups excluding carboxylic acids is 1. The number of nitrogens with zero attached hydrogens (tertiary/aromatic N) is 5. The van der Waals surface area contributed by atoms with Crippen LogP contribution < -0.4 is 5.32 Å². The SMILES string of the molecule is Cc1nn(Cc2ccccc2)c2sc(C(=O)NCc3nncn3-c3ccccc3)cc12. The van der Waals surface area contributed by atoms with E-state index in [9.17, 15) is 4.79 Å². The first-order valence-electron chi connectivity index (χ1n) is 9.92. The quantitative estimate of drug-likeness (QED) is 0.444. The maximum atomic E-state index is 12.8. The summed E-state index contributed by atoms with van der Waals surface area (Å²) in [7, 11) is 0. The van der Waals surface area contributed by atoms with Crippen molar-refractivity contribution < 1.29 is 4.79 Å². The van der Waals surface area contributed by atoms with E-state index < -0.39 is 0 Å². The van der Waals surface area contributed by atoms with Gasteiger partial charge in [-0.3, -0.25) is 14.0 Å². The molecule has 3 heterocycles. The molecule has 0 aliphatic heterocycles. The van der Waals surface area contributed by atoms with Crippen molar-refractivity contribution in [2.45, 2.75) is 20.0 Å². The summed E-state index contributed by atoms with van der Waals surface area (Å²) in [4.78, 5) is 14.5. The van der Waals surface area contributed by atoms with Crippen molar-refractivity contribution in [1.29, 1.82) is 0 Å². The highest BCUT2D eigenvalue weighted by molar-refractivity contribution is 7.20. The predicted octanol–water partition coefficient (Wildman–Crippen LogP) is 3.97. The largest absolute Gasteiger partial charge is 0.344 e. The Morgan fingerprint density at radius 2 is 1.81 bits per heavy atom. The number of benzene rings is 2. The predicted molar refractivity (Wildman–Crippen MR) is 120 cm³/mol. The lowest BCUT2D eigenvalue weighted by Gasteiger charge is -2.07. The third kappa shape index (κ3) is 3.85. The first kappa shape index (κ1) is 19.2. The van der Waals surface area contributed by atoms with Crippen LogP contribution in [0.15, 0.2) is 73.1 Å². The molecule has 154 valence electrons. The standard InChI is InChI=1S/C23H20N6OS/c1-16-19-12-20(31-23(19)29(27-16)14-17-8-4-2-5-9-17)22(30)24-13-21-26-25-15-28(21)18-10-6-3-7-11-18/h2-12,15H,13-14H2,1H3,(H,24,30). The topological polar surface area (TPSA) is 77.6 Å². The molecule has 8 heteroatoms. The van der Waals surface area contributed by atoms with Gasteiger partial charge in [0.2, 0.25) is 0 Å². The Morgan fingerprint density at radius 3 is 2.58 bits per heavy atom. The molecule has 0 aliphatic rings. The van der Waals surface area contributed by atoms with Crippen LogP contribution in [-0.4, -0.2) is 30.5 Å². The summed E-state index contributed by atoms with van der Waals surface area (Å²) < 4.78 is 3.83. The zero-order valence-electron chi connectivity index (χ0n) is 16.9. The zero-order valence-corrected chi connectivity index (χ0v) is 17.7. The number of hydrogen-bond acceptors (Lipinski definition) is 5. The van der Waals surface area contributed by atoms with Gasteiger partial charge in [-0.1, -0.05) is 48.5 Å². The second-order valence-corrected chi connectivity index (χ2v) is 8.22. The highest BCUT2D eigenvalue weighted by Crippen LogP contribution is 2.29. The molecule has 0 bridgehead atoms. The maximum absolute atomic E-state index is 12.8. The van der Waals surface area contributed by atoms with Crippen LogP contribution in [0.25, 0.3) is 15.9 Å². The van der Waals surface area contributed by atoms with Crippen LogP contribution in [0.3, 0.4) is 0 Å². The fourth-order valence-corrected chi connectivity index (χ4v) is 4.60. The molecule has 0 spiro atoms. The minimum atomic E-state index is -0.130. The smallest absolute Gasteiger partial charge is 0.261 e. The van der Waals surface area contributed by atoms with E-state index in [1.54, 1.807) is 6.33 Å². The van der Waals surface area contributed by atoms with Crippen LogP contribution in [0.1, 0.15) is 26.8 Å². The number of thiophene rings is 1. The van der Waals surface area contributed by atoms with Crippen LogP contribution in [0, 0.1) is 6.92 Å². The van der Waals surface area contributed by atoms with Crippen molar-refractivity contribution in [2.24, 2.45) is 0 Å². The van der Waals surface area contributed by atoms with E-state index >= 15 is 0 Å². The molecule has 0 atom stereocenters. The minimum absolute atomic E-state index is 0.130. The van der Waals surface area contributed by atoms with Crippen molar-refractivity contribution in [3.63, 3.8) is 0 Å². The third-order valence-corrected chi connectivity index (χ3v) is 6.21. The zero-order chi connectivity index (χ0) is 21.2. The molecule has 5 rings (SSSR count). The summed E-state index contributed by atoms with van der Waals surface area (Å²) in [5.74, 6) is 0.543. The highest BCUT2D eigenvalue weighted by Gasteiger charge is 2.17. The van der Waals surface area contributed by atoms with Gasteiger partial charge in [0.25, 0.3) is 5.91 Å². The third-order valence-electron chi connectivity index (χ3n) is 5.07. The summed E-state index contributed by atoms with van der Waals surface area (Å²) in [5.41, 5.74) is 3.05. The Morgan fingerprint density at radius 1 is 1.06 bits per heavy atom. The molecule has 31 heavy (non-hydrogen) atoms. The van der Waals surface area contributed by atoms with E-state index in [1.807, 2.05) is 70.8 Å². The van der Waals surface area contributed by atoms with Gasteiger partial charge in [0.05, 0.1) is 23.7 Å². The number of hydrogen-bond donors (Lipinski definition) is 1. The first-order chi connectivity index (χ1) is 15.2. The number of fused-ring (bicyclic) bond motifs is 1. The van der Waals surface area contributed by atoms with Crippen LogP contribution >= 0.6 is 11.3 Å². The first-order valence-corrected chi connectivity index (χ1v) is 10.7. The monoisotopic (exact) mass is 428 g/mol. The Bertz CT molecular complexity index is 1340. The Labute approximate surface area is 183 Å². The summed E-state index contributed by atoms with van der Waals surface area (Å²) in [6, 6.07) is 21.9. The normalized spacial score (nSPS) is 11.1. The van der Waals surface area contributed by atoms with Crippen molar-refractivity contribution in [3.05, 3.63) is 95.0 Å². The van der Waals surface area contributed by atoms with Crippen LogP contribution in [0.5, 0.6) is 0 Å². The van der Waals surface area contributed by atoms with Gasteiger partial charge in [-0.05, 0) is 30.7 Å². The van der Waals surface area contributed by atoms with E-state index in [0.29, 0.717) is 17.2 Å².